The van der Waals surface area contributed by atoms with Gasteiger partial charge in [0.25, 0.3) is 0 Å². The minimum atomic E-state index is -3.31. The lowest BCUT2D eigenvalue weighted by Gasteiger charge is -2.18. The Morgan fingerprint density at radius 2 is 1.92 bits per heavy atom. The van der Waals surface area contributed by atoms with Crippen LogP contribution in [-0.4, -0.2) is 31.7 Å². The van der Waals surface area contributed by atoms with E-state index in [0.717, 1.165) is 11.1 Å². The summed E-state index contributed by atoms with van der Waals surface area (Å²) in [5, 5.41) is 12.7. The van der Waals surface area contributed by atoms with Gasteiger partial charge in [-0.15, -0.1) is 0 Å². The van der Waals surface area contributed by atoms with Gasteiger partial charge in [0.2, 0.25) is 15.9 Å². The zero-order valence-electron chi connectivity index (χ0n) is 14.6. The number of sulfonamides is 1. The van der Waals surface area contributed by atoms with E-state index >= 15 is 0 Å². The van der Waals surface area contributed by atoms with Gasteiger partial charge in [-0.3, -0.25) is 9.10 Å². The Kier molecular flexibility index (Phi) is 5.18. The topological polar surface area (TPSA) is 86.7 Å². The second-order valence-corrected chi connectivity index (χ2v) is 8.49. The van der Waals surface area contributed by atoms with E-state index in [2.05, 4.69) is 5.32 Å². The summed E-state index contributed by atoms with van der Waals surface area (Å²) in [5.74, 6) is -0.206. The van der Waals surface area contributed by atoms with E-state index in [1.165, 1.54) is 16.4 Å². The predicted molar refractivity (Wildman–Crippen MR) is 102 cm³/mol. The average Bonchev–Trinajstić information content (AvgIpc) is 2.95. The highest BCUT2D eigenvalue weighted by atomic mass is 32.2. The quantitative estimate of drug-likeness (QED) is 0.788. The van der Waals surface area contributed by atoms with Gasteiger partial charge in [0, 0.05) is 13.0 Å². The molecular formula is C19H22N2O4S. The van der Waals surface area contributed by atoms with Crippen molar-refractivity contribution in [2.75, 3.05) is 21.9 Å². The van der Waals surface area contributed by atoms with Crippen LogP contribution in [-0.2, 0) is 21.2 Å². The number of aromatic hydroxyl groups is 1. The number of carbonyl (C=O) groups excluding carboxylic acids is 1. The SMILES string of the molecule is Cc1ccc(CCC(=O)Nc2cc(N3CCCS3(=O)=O)ccc2O)cc1. The number of anilines is 2. The van der Waals surface area contributed by atoms with Crippen molar-refractivity contribution < 1.29 is 18.3 Å². The van der Waals surface area contributed by atoms with Crippen LogP contribution in [0.1, 0.15) is 24.0 Å². The number of hydrogen-bond donors (Lipinski definition) is 2. The Labute approximate surface area is 153 Å². The third-order valence-electron chi connectivity index (χ3n) is 4.40. The molecule has 1 aliphatic heterocycles. The molecule has 0 spiro atoms. The first-order chi connectivity index (χ1) is 12.3. The average molecular weight is 374 g/mol. The molecule has 0 aromatic heterocycles. The summed E-state index contributed by atoms with van der Waals surface area (Å²) < 4.78 is 25.4. The van der Waals surface area contributed by atoms with Crippen LogP contribution >= 0.6 is 0 Å². The van der Waals surface area contributed by atoms with Crippen molar-refractivity contribution in [3.05, 3.63) is 53.6 Å². The van der Waals surface area contributed by atoms with Crippen molar-refractivity contribution >= 4 is 27.3 Å². The summed E-state index contributed by atoms with van der Waals surface area (Å²) in [6, 6.07) is 12.4. The normalized spacial score (nSPS) is 15.8. The van der Waals surface area contributed by atoms with Crippen molar-refractivity contribution in [3.63, 3.8) is 0 Å². The Bertz CT molecular complexity index is 908. The maximum absolute atomic E-state index is 12.2. The van der Waals surface area contributed by atoms with Crippen LogP contribution in [0.25, 0.3) is 0 Å². The lowest BCUT2D eigenvalue weighted by atomic mass is 10.1. The van der Waals surface area contributed by atoms with E-state index < -0.39 is 10.0 Å². The summed E-state index contributed by atoms with van der Waals surface area (Å²) in [5.41, 5.74) is 2.90. The highest BCUT2D eigenvalue weighted by Crippen LogP contribution is 2.32. The third kappa shape index (κ3) is 4.16. The first kappa shape index (κ1) is 18.3. The summed E-state index contributed by atoms with van der Waals surface area (Å²) in [7, 11) is -3.31. The van der Waals surface area contributed by atoms with E-state index in [-0.39, 0.29) is 29.5 Å². The molecule has 1 saturated heterocycles. The van der Waals surface area contributed by atoms with E-state index in [1.54, 1.807) is 6.07 Å². The first-order valence-electron chi connectivity index (χ1n) is 8.54. The maximum Gasteiger partial charge on any atom is 0.235 e. The second-order valence-electron chi connectivity index (χ2n) is 6.48. The van der Waals surface area contributed by atoms with E-state index in [0.29, 0.717) is 25.1 Å². The van der Waals surface area contributed by atoms with Crippen LogP contribution in [0, 0.1) is 6.92 Å². The largest absolute Gasteiger partial charge is 0.506 e. The fraction of sp³-hybridized carbons (Fsp3) is 0.316. The molecular weight excluding hydrogens is 352 g/mol. The second kappa shape index (κ2) is 7.37. The standard InChI is InChI=1S/C19H22N2O4S/c1-14-3-5-15(6-4-14)7-10-19(23)20-17-13-16(8-9-18(17)22)21-11-2-12-26(21,24)25/h3-6,8-9,13,22H,2,7,10-12H2,1H3,(H,20,23). The molecule has 3 rings (SSSR count). The third-order valence-corrected chi connectivity index (χ3v) is 6.27. The summed E-state index contributed by atoms with van der Waals surface area (Å²) in [6.07, 6.45) is 1.43. The minimum Gasteiger partial charge on any atom is -0.506 e. The summed E-state index contributed by atoms with van der Waals surface area (Å²) in [6.45, 7) is 2.42. The fourth-order valence-corrected chi connectivity index (χ4v) is 4.49. The van der Waals surface area contributed by atoms with Gasteiger partial charge in [0.1, 0.15) is 5.75 Å². The molecule has 0 radical (unpaired) electrons. The van der Waals surface area contributed by atoms with E-state index in [1.807, 2.05) is 31.2 Å². The number of benzene rings is 2. The van der Waals surface area contributed by atoms with E-state index in [4.69, 9.17) is 0 Å². The van der Waals surface area contributed by atoms with Crippen LogP contribution in [0.4, 0.5) is 11.4 Å². The number of carbonyl (C=O) groups is 1. The molecule has 1 heterocycles. The minimum absolute atomic E-state index is 0.0889. The number of nitrogens with one attached hydrogen (secondary N) is 1. The molecule has 0 bridgehead atoms. The van der Waals surface area contributed by atoms with Gasteiger partial charge in [-0.2, -0.15) is 0 Å². The molecule has 0 aliphatic carbocycles. The highest BCUT2D eigenvalue weighted by molar-refractivity contribution is 7.93. The molecule has 138 valence electrons. The molecule has 0 saturated carbocycles. The highest BCUT2D eigenvalue weighted by Gasteiger charge is 2.28. The van der Waals surface area contributed by atoms with Crippen LogP contribution in [0.3, 0.4) is 0 Å². The molecule has 0 atom stereocenters. The number of phenols is 1. The number of aryl methyl sites for hydroxylation is 2. The van der Waals surface area contributed by atoms with Crippen molar-refractivity contribution in [2.24, 2.45) is 0 Å². The van der Waals surface area contributed by atoms with Crippen molar-refractivity contribution in [1.29, 1.82) is 0 Å². The molecule has 0 unspecified atom stereocenters. The number of amides is 1. The first-order valence-corrected chi connectivity index (χ1v) is 10.1. The van der Waals surface area contributed by atoms with Crippen molar-refractivity contribution in [2.45, 2.75) is 26.2 Å². The molecule has 1 fully saturated rings. The van der Waals surface area contributed by atoms with Gasteiger partial charge in [-0.05, 0) is 43.5 Å². The molecule has 2 aromatic rings. The summed E-state index contributed by atoms with van der Waals surface area (Å²) >= 11 is 0. The number of hydrogen-bond acceptors (Lipinski definition) is 4. The Morgan fingerprint density at radius 1 is 1.19 bits per heavy atom. The number of rotatable bonds is 5. The van der Waals surface area contributed by atoms with Gasteiger partial charge in [0.05, 0.1) is 17.1 Å². The van der Waals surface area contributed by atoms with E-state index in [9.17, 15) is 18.3 Å². The van der Waals surface area contributed by atoms with Gasteiger partial charge in [0.15, 0.2) is 0 Å². The molecule has 26 heavy (non-hydrogen) atoms. The van der Waals surface area contributed by atoms with Gasteiger partial charge >= 0.3 is 0 Å². The van der Waals surface area contributed by atoms with Crippen LogP contribution in [0.2, 0.25) is 0 Å². The molecule has 7 heteroatoms. The lowest BCUT2D eigenvalue weighted by Crippen LogP contribution is -2.25. The molecule has 6 nitrogen and oxygen atoms in total. The zero-order chi connectivity index (χ0) is 18.7. The zero-order valence-corrected chi connectivity index (χ0v) is 15.4. The smallest absolute Gasteiger partial charge is 0.235 e. The Morgan fingerprint density at radius 3 is 2.58 bits per heavy atom. The monoisotopic (exact) mass is 374 g/mol. The Balaban J connectivity index is 1.68. The van der Waals surface area contributed by atoms with Gasteiger partial charge in [-0.25, -0.2) is 8.42 Å². The van der Waals surface area contributed by atoms with Gasteiger partial charge in [-0.1, -0.05) is 29.8 Å². The predicted octanol–water partition coefficient (Wildman–Crippen LogP) is 2.81. The number of phenolic OH excluding ortho intramolecular Hbond substituents is 1. The van der Waals surface area contributed by atoms with Gasteiger partial charge < -0.3 is 10.4 Å². The van der Waals surface area contributed by atoms with Crippen LogP contribution in [0.15, 0.2) is 42.5 Å². The lowest BCUT2D eigenvalue weighted by molar-refractivity contribution is -0.116. The Hall–Kier alpha value is -2.54. The summed E-state index contributed by atoms with van der Waals surface area (Å²) in [4.78, 5) is 12.2. The maximum atomic E-state index is 12.2. The molecule has 2 N–H and O–H groups in total. The van der Waals surface area contributed by atoms with Crippen molar-refractivity contribution in [3.8, 4) is 5.75 Å². The van der Waals surface area contributed by atoms with Crippen molar-refractivity contribution in [1.82, 2.24) is 0 Å². The molecule has 1 amide bonds. The van der Waals surface area contributed by atoms with Crippen LogP contribution in [0.5, 0.6) is 5.75 Å². The fourth-order valence-electron chi connectivity index (χ4n) is 2.93. The molecule has 1 aliphatic rings. The van der Waals surface area contributed by atoms with Crippen LogP contribution < -0.4 is 9.62 Å². The molecule has 2 aromatic carbocycles. The number of nitrogens with zero attached hydrogens (tertiary/aromatic N) is 1.